The monoisotopic (exact) mass is 154 g/mol. The van der Waals surface area contributed by atoms with E-state index in [1.54, 1.807) is 0 Å². The minimum absolute atomic E-state index is 0.791. The van der Waals surface area contributed by atoms with E-state index in [-0.39, 0.29) is 0 Å². The molecule has 1 rings (SSSR count). The fourth-order valence-electron chi connectivity index (χ4n) is 0.603. The van der Waals surface area contributed by atoms with Crippen molar-refractivity contribution in [1.29, 1.82) is 0 Å². The summed E-state index contributed by atoms with van der Waals surface area (Å²) in [6.07, 6.45) is 1.43. The Balaban J connectivity index is 2.59. The molecule has 0 aliphatic rings. The molecule has 0 saturated carbocycles. The first-order chi connectivity index (χ1) is 4.93. The number of halogens is 1. The number of hydrogen-bond donors (Lipinski definition) is 0. The van der Waals surface area contributed by atoms with Crippen molar-refractivity contribution < 1.29 is 4.74 Å². The molecule has 0 amide bonds. The molecule has 0 unspecified atom stereocenters. The van der Waals surface area contributed by atoms with Crippen LogP contribution in [0.5, 0.6) is 5.75 Å². The molecule has 0 aliphatic carbocycles. The van der Waals surface area contributed by atoms with Gasteiger partial charge in [-0.05, 0) is 12.1 Å². The summed E-state index contributed by atoms with van der Waals surface area (Å²) < 4.78 is 5.04. The number of rotatable bonds is 2. The normalized spacial score (nSPS) is 10.1. The van der Waals surface area contributed by atoms with Gasteiger partial charge in [-0.15, -0.1) is 0 Å². The van der Waals surface area contributed by atoms with Crippen LogP contribution in [0.3, 0.4) is 0 Å². The van der Waals surface area contributed by atoms with E-state index in [2.05, 4.69) is 0 Å². The molecule has 0 heterocycles. The summed E-state index contributed by atoms with van der Waals surface area (Å²) in [6, 6.07) is 9.44. The van der Waals surface area contributed by atoms with Gasteiger partial charge in [0.25, 0.3) is 0 Å². The van der Waals surface area contributed by atoms with Crippen molar-refractivity contribution in [3.8, 4) is 5.75 Å². The summed E-state index contributed by atoms with van der Waals surface area (Å²) in [6.45, 7) is 0. The maximum atomic E-state index is 5.25. The molecule has 0 aromatic heterocycles. The zero-order valence-corrected chi connectivity index (χ0v) is 6.08. The first kappa shape index (κ1) is 7.16. The summed E-state index contributed by atoms with van der Waals surface area (Å²) in [4.78, 5) is 0. The molecule has 0 radical (unpaired) electrons. The predicted octanol–water partition coefficient (Wildman–Crippen LogP) is 2.78. The summed E-state index contributed by atoms with van der Waals surface area (Å²) in [5, 5.41) is 0. The van der Waals surface area contributed by atoms with E-state index in [9.17, 15) is 0 Å². The van der Waals surface area contributed by atoms with Crippen LogP contribution in [0, 0.1) is 0 Å². The average molecular weight is 155 g/mol. The third-order valence-corrected chi connectivity index (χ3v) is 1.10. The minimum Gasteiger partial charge on any atom is -0.464 e. The molecule has 0 atom stereocenters. The summed E-state index contributed by atoms with van der Waals surface area (Å²) in [5.41, 5.74) is 1.33. The molecule has 0 spiro atoms. The summed E-state index contributed by atoms with van der Waals surface area (Å²) >= 11 is 5.25. The number of hydrogen-bond acceptors (Lipinski definition) is 1. The van der Waals surface area contributed by atoms with Gasteiger partial charge in [-0.2, -0.15) is 0 Å². The van der Waals surface area contributed by atoms with E-state index in [0.29, 0.717) is 0 Å². The Bertz CT molecular complexity index is 206. The third kappa shape index (κ3) is 2.11. The van der Waals surface area contributed by atoms with Gasteiger partial charge in [0.15, 0.2) is 0 Å². The second-order valence-electron chi connectivity index (χ2n) is 1.69. The first-order valence-corrected chi connectivity index (χ1v) is 3.34. The van der Waals surface area contributed by atoms with E-state index in [1.807, 2.05) is 30.3 Å². The molecule has 52 valence electrons. The van der Waals surface area contributed by atoms with Crippen molar-refractivity contribution in [3.05, 3.63) is 42.1 Å². The van der Waals surface area contributed by atoms with Crippen molar-refractivity contribution in [2.75, 3.05) is 0 Å². The molecule has 0 bridgehead atoms. The Kier molecular flexibility index (Phi) is 2.84. The van der Waals surface area contributed by atoms with Gasteiger partial charge < -0.3 is 4.74 Å². The van der Waals surface area contributed by atoms with Crippen LogP contribution in [0.4, 0.5) is 0 Å². The van der Waals surface area contributed by atoms with Crippen LogP contribution in [0.25, 0.3) is 0 Å². The van der Waals surface area contributed by atoms with Gasteiger partial charge in [0.1, 0.15) is 12.0 Å². The second kappa shape index (κ2) is 3.96. The molecule has 0 saturated heterocycles. The molecule has 0 N–H and O–H groups in total. The van der Waals surface area contributed by atoms with Crippen LogP contribution in [-0.4, -0.2) is 0 Å². The van der Waals surface area contributed by atoms with Gasteiger partial charge in [-0.25, -0.2) is 0 Å². The smallest absolute Gasteiger partial charge is 0.126 e. The Morgan fingerprint density at radius 2 is 1.90 bits per heavy atom. The molecule has 10 heavy (non-hydrogen) atoms. The SMILES string of the molecule is ClC=COc1ccccc1. The van der Waals surface area contributed by atoms with Crippen LogP contribution in [-0.2, 0) is 0 Å². The topological polar surface area (TPSA) is 9.23 Å². The Morgan fingerprint density at radius 3 is 2.50 bits per heavy atom. The molecule has 0 fully saturated rings. The minimum atomic E-state index is 0.791. The maximum Gasteiger partial charge on any atom is 0.126 e. The molecular weight excluding hydrogens is 148 g/mol. The zero-order valence-electron chi connectivity index (χ0n) is 5.33. The molecule has 1 nitrogen and oxygen atoms in total. The fourth-order valence-corrected chi connectivity index (χ4v) is 0.655. The van der Waals surface area contributed by atoms with Gasteiger partial charge in [0, 0.05) is 5.54 Å². The lowest BCUT2D eigenvalue weighted by molar-refractivity contribution is 0.482. The molecule has 2 heteroatoms. The van der Waals surface area contributed by atoms with Gasteiger partial charge in [0.05, 0.1) is 0 Å². The van der Waals surface area contributed by atoms with Crippen molar-refractivity contribution >= 4 is 11.6 Å². The van der Waals surface area contributed by atoms with Gasteiger partial charge in [-0.1, -0.05) is 29.8 Å². The highest BCUT2D eigenvalue weighted by molar-refractivity contribution is 6.25. The number of para-hydroxylation sites is 1. The van der Waals surface area contributed by atoms with Gasteiger partial charge in [-0.3, -0.25) is 0 Å². The third-order valence-electron chi connectivity index (χ3n) is 0.999. The molecule has 1 aromatic rings. The lowest BCUT2D eigenvalue weighted by Crippen LogP contribution is -1.77. The maximum absolute atomic E-state index is 5.25. The summed E-state index contributed by atoms with van der Waals surface area (Å²) in [5.74, 6) is 0.791. The molecular formula is C8H7ClO. The van der Waals surface area contributed by atoms with Crippen molar-refractivity contribution in [2.24, 2.45) is 0 Å². The quantitative estimate of drug-likeness (QED) is 0.596. The average Bonchev–Trinajstić information content (AvgIpc) is 2.03. The van der Waals surface area contributed by atoms with Crippen molar-refractivity contribution in [3.63, 3.8) is 0 Å². The van der Waals surface area contributed by atoms with Crippen molar-refractivity contribution in [2.45, 2.75) is 0 Å². The van der Waals surface area contributed by atoms with Crippen LogP contribution in [0.15, 0.2) is 42.1 Å². The Hall–Kier alpha value is -0.950. The first-order valence-electron chi connectivity index (χ1n) is 2.90. The largest absolute Gasteiger partial charge is 0.464 e. The zero-order chi connectivity index (χ0) is 7.23. The van der Waals surface area contributed by atoms with Crippen LogP contribution in [0.1, 0.15) is 0 Å². The highest BCUT2D eigenvalue weighted by Crippen LogP contribution is 2.08. The van der Waals surface area contributed by atoms with Crippen molar-refractivity contribution in [1.82, 2.24) is 0 Å². The van der Waals surface area contributed by atoms with E-state index >= 15 is 0 Å². The Labute approximate surface area is 64.9 Å². The van der Waals surface area contributed by atoms with Crippen LogP contribution in [0.2, 0.25) is 0 Å². The molecule has 0 aliphatic heterocycles. The van der Waals surface area contributed by atoms with E-state index < -0.39 is 0 Å². The fraction of sp³-hybridized carbons (Fsp3) is 0. The number of benzene rings is 1. The predicted molar refractivity (Wildman–Crippen MR) is 42.1 cm³/mol. The van der Waals surface area contributed by atoms with Crippen LogP contribution < -0.4 is 4.74 Å². The lowest BCUT2D eigenvalue weighted by atomic mass is 10.3. The Morgan fingerprint density at radius 1 is 1.20 bits per heavy atom. The highest BCUT2D eigenvalue weighted by atomic mass is 35.5. The van der Waals surface area contributed by atoms with E-state index in [4.69, 9.17) is 16.3 Å². The number of ether oxygens (including phenoxy) is 1. The second-order valence-corrected chi connectivity index (χ2v) is 1.94. The highest BCUT2D eigenvalue weighted by Gasteiger charge is 1.83. The summed E-state index contributed by atoms with van der Waals surface area (Å²) in [7, 11) is 0. The van der Waals surface area contributed by atoms with E-state index in [0.717, 1.165) is 5.75 Å². The van der Waals surface area contributed by atoms with Crippen LogP contribution >= 0.6 is 11.6 Å². The molecule has 1 aromatic carbocycles. The van der Waals surface area contributed by atoms with Gasteiger partial charge >= 0.3 is 0 Å². The van der Waals surface area contributed by atoms with Gasteiger partial charge in [0.2, 0.25) is 0 Å². The standard InChI is InChI=1S/C8H7ClO/c9-6-7-10-8-4-2-1-3-5-8/h1-7H. The lowest BCUT2D eigenvalue weighted by Gasteiger charge is -1.95. The van der Waals surface area contributed by atoms with E-state index in [1.165, 1.54) is 11.8 Å².